The van der Waals surface area contributed by atoms with E-state index < -0.39 is 16.6 Å². The highest BCUT2D eigenvalue weighted by Gasteiger charge is 2.51. The molecule has 1 fully saturated rings. The van der Waals surface area contributed by atoms with Crippen LogP contribution >= 0.6 is 0 Å². The fraction of sp³-hybridized carbons (Fsp3) is 1.00. The second-order valence-corrected chi connectivity index (χ2v) is 20.9. The van der Waals surface area contributed by atoms with Crippen LogP contribution in [0.4, 0.5) is 0 Å². The van der Waals surface area contributed by atoms with Crippen LogP contribution in [0.3, 0.4) is 0 Å². The van der Waals surface area contributed by atoms with E-state index in [4.69, 9.17) is 14.6 Å². The van der Waals surface area contributed by atoms with E-state index in [-0.39, 0.29) is 27.6 Å². The van der Waals surface area contributed by atoms with Gasteiger partial charge in [-0.2, -0.15) is 0 Å². The molecule has 25 heavy (non-hydrogen) atoms. The van der Waals surface area contributed by atoms with Crippen molar-refractivity contribution in [2.75, 3.05) is 6.61 Å². The fourth-order valence-corrected chi connectivity index (χ4v) is 5.63. The summed E-state index contributed by atoms with van der Waals surface area (Å²) in [6.45, 7) is 26.3. The topological polar surface area (TPSA) is 44.5 Å². The highest BCUT2D eigenvalue weighted by Crippen LogP contribution is 2.48. The molecule has 0 bridgehead atoms. The van der Waals surface area contributed by atoms with Crippen LogP contribution in [0.5, 0.6) is 0 Å². The quantitative estimate of drug-likeness (QED) is 0.576. The Balaban J connectivity index is 3.01. The molecule has 0 spiro atoms. The minimum atomic E-state index is -1.82. The third-order valence-electron chi connectivity index (χ3n) is 7.34. The molecule has 5 heteroatoms. The van der Waals surface area contributed by atoms with Crippen molar-refractivity contribution >= 4 is 16.6 Å². The van der Waals surface area contributed by atoms with Gasteiger partial charge < -0.3 is 14.6 Å². The molecule has 1 aliphatic carbocycles. The zero-order chi connectivity index (χ0) is 19.9. The third kappa shape index (κ3) is 5.19. The minimum Gasteiger partial charge on any atom is -0.416 e. The summed E-state index contributed by atoms with van der Waals surface area (Å²) in [5.41, 5.74) is 6.49. The number of hydrogen-bond acceptors (Lipinski definition) is 3. The van der Waals surface area contributed by atoms with Crippen molar-refractivity contribution in [3.05, 3.63) is 0 Å². The first-order chi connectivity index (χ1) is 11.0. The van der Waals surface area contributed by atoms with Crippen molar-refractivity contribution < 1.29 is 8.85 Å². The number of nitrogens with two attached hydrogens (primary N) is 1. The van der Waals surface area contributed by atoms with Crippen molar-refractivity contribution in [1.82, 2.24) is 0 Å². The maximum atomic E-state index is 6.89. The van der Waals surface area contributed by atoms with Crippen molar-refractivity contribution in [3.63, 3.8) is 0 Å². The molecule has 0 aliphatic heterocycles. The maximum absolute atomic E-state index is 6.89. The average Bonchev–Trinajstić information content (AvgIpc) is 2.70. The van der Waals surface area contributed by atoms with Gasteiger partial charge in [-0.05, 0) is 55.5 Å². The van der Waals surface area contributed by atoms with Crippen LogP contribution in [-0.4, -0.2) is 35.4 Å². The molecule has 1 saturated carbocycles. The summed E-state index contributed by atoms with van der Waals surface area (Å²) in [5, 5.41) is 0.456. The largest absolute Gasteiger partial charge is 0.416 e. The first kappa shape index (κ1) is 23.4. The number of hydrogen-bond donors (Lipinski definition) is 1. The van der Waals surface area contributed by atoms with Gasteiger partial charge in [-0.1, -0.05) is 48.5 Å². The van der Waals surface area contributed by atoms with E-state index in [0.717, 1.165) is 25.9 Å². The lowest BCUT2D eigenvalue weighted by atomic mass is 9.82. The molecule has 0 aromatic carbocycles. The maximum Gasteiger partial charge on any atom is 0.192 e. The van der Waals surface area contributed by atoms with Crippen LogP contribution in [0.25, 0.3) is 0 Å². The molecule has 0 heterocycles. The van der Waals surface area contributed by atoms with Gasteiger partial charge in [-0.25, -0.2) is 0 Å². The molecule has 150 valence electrons. The Bertz CT molecular complexity index is 452. The van der Waals surface area contributed by atoms with E-state index in [9.17, 15) is 0 Å². The predicted molar refractivity (Wildman–Crippen MR) is 115 cm³/mol. The van der Waals surface area contributed by atoms with Gasteiger partial charge in [0.1, 0.15) is 0 Å². The lowest BCUT2D eigenvalue weighted by molar-refractivity contribution is 0.0153. The highest BCUT2D eigenvalue weighted by molar-refractivity contribution is 6.74. The Morgan fingerprint density at radius 3 is 1.84 bits per heavy atom. The van der Waals surface area contributed by atoms with Crippen molar-refractivity contribution in [2.45, 2.75) is 116 Å². The fourth-order valence-electron chi connectivity index (χ4n) is 3.13. The Hall–Kier alpha value is 0.314. The Morgan fingerprint density at radius 1 is 0.960 bits per heavy atom. The van der Waals surface area contributed by atoms with Gasteiger partial charge in [0.25, 0.3) is 0 Å². The zero-order valence-electron chi connectivity index (χ0n) is 18.9. The van der Waals surface area contributed by atoms with Crippen LogP contribution in [-0.2, 0) is 8.85 Å². The van der Waals surface area contributed by atoms with E-state index in [1.807, 2.05) is 0 Å². The van der Waals surface area contributed by atoms with Gasteiger partial charge in [0, 0.05) is 18.1 Å². The molecule has 1 aliphatic rings. The molecule has 3 nitrogen and oxygen atoms in total. The average molecular weight is 388 g/mol. The van der Waals surface area contributed by atoms with Crippen LogP contribution in [0, 0.1) is 5.41 Å². The zero-order valence-corrected chi connectivity index (χ0v) is 20.9. The van der Waals surface area contributed by atoms with E-state index >= 15 is 0 Å². The first-order valence-electron chi connectivity index (χ1n) is 10.0. The van der Waals surface area contributed by atoms with Crippen molar-refractivity contribution in [2.24, 2.45) is 11.1 Å². The van der Waals surface area contributed by atoms with E-state index in [2.05, 4.69) is 74.7 Å². The van der Waals surface area contributed by atoms with Gasteiger partial charge in [0.05, 0.1) is 6.10 Å². The smallest absolute Gasteiger partial charge is 0.192 e. The molecule has 0 saturated heterocycles. The summed E-state index contributed by atoms with van der Waals surface area (Å²) in [6.07, 6.45) is 3.31. The van der Waals surface area contributed by atoms with Crippen LogP contribution < -0.4 is 5.73 Å². The minimum absolute atomic E-state index is 0.0739. The molecule has 0 aromatic rings. The van der Waals surface area contributed by atoms with Gasteiger partial charge >= 0.3 is 0 Å². The van der Waals surface area contributed by atoms with Gasteiger partial charge in [-0.3, -0.25) is 0 Å². The standard InChI is InChI=1S/C20H45NO2Si2/c1-12-20(15-22-24(8,9)18(2,3)4)14-16(21)13-17(20)23-25(10,11)19(5,6)7/h16-17H,12-15,21H2,1-11H3/t16-,17?,20+/m0/s1. The molecular weight excluding hydrogens is 342 g/mol. The second-order valence-electron chi connectivity index (χ2n) is 11.3. The summed E-state index contributed by atoms with van der Waals surface area (Å²) in [5.74, 6) is 0. The summed E-state index contributed by atoms with van der Waals surface area (Å²) in [4.78, 5) is 0. The van der Waals surface area contributed by atoms with Gasteiger partial charge in [-0.15, -0.1) is 0 Å². The van der Waals surface area contributed by atoms with Gasteiger partial charge in [0.15, 0.2) is 16.6 Å². The van der Waals surface area contributed by atoms with Crippen molar-refractivity contribution in [3.8, 4) is 0 Å². The highest BCUT2D eigenvalue weighted by atomic mass is 28.4. The Morgan fingerprint density at radius 2 is 1.44 bits per heavy atom. The van der Waals surface area contributed by atoms with Crippen LogP contribution in [0.1, 0.15) is 67.7 Å². The third-order valence-corrected chi connectivity index (χ3v) is 16.3. The predicted octanol–water partition coefficient (Wildman–Crippen LogP) is 5.92. The van der Waals surface area contributed by atoms with E-state index in [1.54, 1.807) is 0 Å². The second kappa shape index (κ2) is 7.38. The SMILES string of the molecule is CC[C@]1(CO[Si](C)(C)C(C)(C)C)C[C@@H](N)CC1O[Si](C)(C)C(C)(C)C. The summed E-state index contributed by atoms with van der Waals surface area (Å²) in [7, 11) is -3.58. The Labute approximate surface area is 159 Å². The number of rotatable bonds is 6. The van der Waals surface area contributed by atoms with E-state index in [1.165, 1.54) is 0 Å². The van der Waals surface area contributed by atoms with Crippen LogP contribution in [0.15, 0.2) is 0 Å². The molecule has 0 amide bonds. The summed E-state index contributed by atoms with van der Waals surface area (Å²) in [6, 6.07) is 0.234. The lowest BCUT2D eigenvalue weighted by Crippen LogP contribution is -2.50. The molecule has 2 N–H and O–H groups in total. The molecular formula is C20H45NO2Si2. The van der Waals surface area contributed by atoms with Gasteiger partial charge in [0.2, 0.25) is 0 Å². The Kier molecular flexibility index (Phi) is 6.89. The first-order valence-corrected chi connectivity index (χ1v) is 15.9. The van der Waals surface area contributed by atoms with E-state index in [0.29, 0.717) is 0 Å². The van der Waals surface area contributed by atoms with Crippen molar-refractivity contribution in [1.29, 1.82) is 0 Å². The summed E-state index contributed by atoms with van der Waals surface area (Å²) < 4.78 is 13.6. The molecule has 1 rings (SSSR count). The molecule has 3 atom stereocenters. The van der Waals surface area contributed by atoms with Crippen LogP contribution in [0.2, 0.25) is 36.3 Å². The monoisotopic (exact) mass is 387 g/mol. The summed E-state index contributed by atoms with van der Waals surface area (Å²) >= 11 is 0. The lowest BCUT2D eigenvalue weighted by Gasteiger charge is -2.45. The normalized spacial score (nSPS) is 29.3. The molecule has 1 unspecified atom stereocenters. The molecule has 0 radical (unpaired) electrons. The molecule has 0 aromatic heterocycles.